The van der Waals surface area contributed by atoms with Gasteiger partial charge in [-0.05, 0) is 24.3 Å². The number of aromatic nitrogens is 3. The van der Waals surface area contributed by atoms with Crippen LogP contribution in [0.2, 0.25) is 0 Å². The van der Waals surface area contributed by atoms with Gasteiger partial charge in [0.1, 0.15) is 15.9 Å². The summed E-state index contributed by atoms with van der Waals surface area (Å²) in [6, 6.07) is 4.19. The first-order chi connectivity index (χ1) is 10.8. The summed E-state index contributed by atoms with van der Waals surface area (Å²) in [6.45, 7) is 0. The highest BCUT2D eigenvalue weighted by Crippen LogP contribution is 2.36. The number of alkyl halides is 3. The van der Waals surface area contributed by atoms with Crippen LogP contribution in [0.3, 0.4) is 0 Å². The molecular weight excluding hydrogens is 334 g/mol. The summed E-state index contributed by atoms with van der Waals surface area (Å²) < 4.78 is 58.7. The number of benzene rings is 1. The van der Waals surface area contributed by atoms with Crippen molar-refractivity contribution in [2.45, 2.75) is 6.18 Å². The average molecular weight is 343 g/mol. The number of methoxy groups -OCH3 is 1. The Balaban J connectivity index is 2.27. The van der Waals surface area contributed by atoms with Crippen molar-refractivity contribution < 1.29 is 22.3 Å². The average Bonchev–Trinajstić information content (AvgIpc) is 2.89. The Hall–Kier alpha value is -2.42. The molecule has 23 heavy (non-hydrogen) atoms. The van der Waals surface area contributed by atoms with E-state index in [4.69, 9.17) is 17.0 Å². The van der Waals surface area contributed by atoms with Gasteiger partial charge in [0.05, 0.1) is 18.2 Å². The fraction of sp³-hybridized carbons (Fsp3) is 0.143. The number of halogens is 4. The standard InChI is InChI=1S/C14H9F4N3OS/c1-22-10-6-7(14(16,17)18)2-3-8(10)12-19-20-13(23)11-9(15)4-5-21(11)12/h2-6H,1H3,(H,20,23). The minimum Gasteiger partial charge on any atom is -0.496 e. The third kappa shape index (κ3) is 2.56. The quantitative estimate of drug-likeness (QED) is 0.559. The minimum absolute atomic E-state index is 0.0340. The zero-order chi connectivity index (χ0) is 16.8. The normalized spacial score (nSPS) is 11.9. The van der Waals surface area contributed by atoms with Crippen molar-refractivity contribution in [3.8, 4) is 17.1 Å². The molecule has 2 aromatic heterocycles. The van der Waals surface area contributed by atoms with E-state index in [1.54, 1.807) is 0 Å². The summed E-state index contributed by atoms with van der Waals surface area (Å²) in [4.78, 5) is 0. The molecular formula is C14H9F4N3OS. The molecule has 0 spiro atoms. The van der Waals surface area contributed by atoms with Crippen molar-refractivity contribution in [1.29, 1.82) is 0 Å². The van der Waals surface area contributed by atoms with Crippen LogP contribution in [-0.2, 0) is 6.18 Å². The smallest absolute Gasteiger partial charge is 0.416 e. The fourth-order valence-corrected chi connectivity index (χ4v) is 2.50. The third-order valence-electron chi connectivity index (χ3n) is 3.31. The summed E-state index contributed by atoms with van der Waals surface area (Å²) in [5, 5.41) is 6.49. The number of ether oxygens (including phenoxy) is 1. The van der Waals surface area contributed by atoms with Crippen LogP contribution in [0.1, 0.15) is 5.56 Å². The summed E-state index contributed by atoms with van der Waals surface area (Å²) in [6.07, 6.45) is -3.10. The van der Waals surface area contributed by atoms with E-state index in [1.165, 1.54) is 29.8 Å². The Morgan fingerprint density at radius 1 is 1.26 bits per heavy atom. The predicted octanol–water partition coefficient (Wildman–Crippen LogP) is 4.23. The molecule has 0 amide bonds. The number of aromatic amines is 1. The van der Waals surface area contributed by atoms with Crippen molar-refractivity contribution in [3.05, 3.63) is 46.5 Å². The van der Waals surface area contributed by atoms with Gasteiger partial charge in [0, 0.05) is 6.20 Å². The van der Waals surface area contributed by atoms with Gasteiger partial charge in [-0.2, -0.15) is 18.3 Å². The lowest BCUT2D eigenvalue weighted by atomic mass is 10.1. The SMILES string of the molecule is COc1cc(C(F)(F)F)ccc1-c1n[nH]c(=S)c2c(F)ccn12. The molecule has 0 bridgehead atoms. The molecule has 0 unspecified atom stereocenters. The van der Waals surface area contributed by atoms with E-state index in [0.29, 0.717) is 0 Å². The number of rotatable bonds is 2. The first-order valence-corrected chi connectivity index (χ1v) is 6.74. The molecule has 0 aliphatic heterocycles. The first-order valence-electron chi connectivity index (χ1n) is 6.34. The molecule has 4 nitrogen and oxygen atoms in total. The zero-order valence-corrected chi connectivity index (χ0v) is 12.4. The summed E-state index contributed by atoms with van der Waals surface area (Å²) in [5.74, 6) is -0.405. The van der Waals surface area contributed by atoms with E-state index in [9.17, 15) is 17.6 Å². The van der Waals surface area contributed by atoms with Crippen LogP contribution < -0.4 is 4.74 Å². The van der Waals surface area contributed by atoms with Crippen LogP contribution >= 0.6 is 12.2 Å². The van der Waals surface area contributed by atoms with Crippen LogP contribution in [0.15, 0.2) is 30.5 Å². The van der Waals surface area contributed by atoms with Crippen LogP contribution in [0, 0.1) is 10.5 Å². The maximum Gasteiger partial charge on any atom is 0.416 e. The molecule has 0 aliphatic rings. The minimum atomic E-state index is -4.50. The van der Waals surface area contributed by atoms with Gasteiger partial charge in [-0.15, -0.1) is 0 Å². The molecule has 0 fully saturated rings. The lowest BCUT2D eigenvalue weighted by molar-refractivity contribution is -0.137. The van der Waals surface area contributed by atoms with Gasteiger partial charge in [-0.1, -0.05) is 12.2 Å². The number of hydrogen-bond acceptors (Lipinski definition) is 3. The molecule has 3 rings (SSSR count). The third-order valence-corrected chi connectivity index (χ3v) is 3.60. The number of fused-ring (bicyclic) bond motifs is 1. The molecule has 1 aromatic carbocycles. The number of hydrogen-bond donors (Lipinski definition) is 1. The van der Waals surface area contributed by atoms with Gasteiger partial charge >= 0.3 is 6.18 Å². The lowest BCUT2D eigenvalue weighted by Crippen LogP contribution is -2.06. The van der Waals surface area contributed by atoms with E-state index in [-0.39, 0.29) is 27.3 Å². The highest BCUT2D eigenvalue weighted by Gasteiger charge is 2.31. The van der Waals surface area contributed by atoms with Crippen LogP contribution in [0.25, 0.3) is 16.9 Å². The van der Waals surface area contributed by atoms with E-state index in [0.717, 1.165) is 12.1 Å². The Bertz CT molecular complexity index is 945. The van der Waals surface area contributed by atoms with Gasteiger partial charge in [0.25, 0.3) is 0 Å². The largest absolute Gasteiger partial charge is 0.496 e. The summed E-state index contributed by atoms with van der Waals surface area (Å²) in [7, 11) is 1.25. The van der Waals surface area contributed by atoms with Gasteiger partial charge in [0.15, 0.2) is 11.6 Å². The molecule has 9 heteroatoms. The zero-order valence-electron chi connectivity index (χ0n) is 11.6. The molecule has 0 aliphatic carbocycles. The van der Waals surface area contributed by atoms with Gasteiger partial charge < -0.3 is 4.74 Å². The Kier molecular flexibility index (Phi) is 3.59. The first kappa shape index (κ1) is 15.5. The number of nitrogens with zero attached hydrogens (tertiary/aromatic N) is 2. The molecule has 3 aromatic rings. The van der Waals surface area contributed by atoms with E-state index >= 15 is 0 Å². The van der Waals surface area contributed by atoms with Crippen LogP contribution in [-0.4, -0.2) is 21.7 Å². The van der Waals surface area contributed by atoms with E-state index in [1.807, 2.05) is 0 Å². The number of H-pyrrole nitrogens is 1. The highest BCUT2D eigenvalue weighted by molar-refractivity contribution is 7.71. The van der Waals surface area contributed by atoms with Crippen molar-refractivity contribution in [2.75, 3.05) is 7.11 Å². The molecule has 120 valence electrons. The van der Waals surface area contributed by atoms with Gasteiger partial charge in [0.2, 0.25) is 0 Å². The van der Waals surface area contributed by atoms with Crippen molar-refractivity contribution in [1.82, 2.24) is 14.6 Å². The van der Waals surface area contributed by atoms with Crippen molar-refractivity contribution >= 4 is 17.7 Å². The maximum absolute atomic E-state index is 13.8. The molecule has 0 saturated heterocycles. The summed E-state index contributed by atoms with van der Waals surface area (Å²) >= 11 is 4.98. The molecule has 2 heterocycles. The predicted molar refractivity (Wildman–Crippen MR) is 77.3 cm³/mol. The van der Waals surface area contributed by atoms with Crippen LogP contribution in [0.5, 0.6) is 5.75 Å². The Morgan fingerprint density at radius 3 is 2.65 bits per heavy atom. The van der Waals surface area contributed by atoms with E-state index in [2.05, 4.69) is 10.2 Å². The second kappa shape index (κ2) is 5.34. The second-order valence-corrected chi connectivity index (χ2v) is 5.08. The molecule has 0 atom stereocenters. The van der Waals surface area contributed by atoms with Crippen molar-refractivity contribution in [3.63, 3.8) is 0 Å². The fourth-order valence-electron chi connectivity index (χ4n) is 2.26. The van der Waals surface area contributed by atoms with Gasteiger partial charge in [-0.3, -0.25) is 9.50 Å². The topological polar surface area (TPSA) is 42.3 Å². The molecule has 0 radical (unpaired) electrons. The van der Waals surface area contributed by atoms with Crippen LogP contribution in [0.4, 0.5) is 17.6 Å². The second-order valence-electron chi connectivity index (χ2n) is 4.67. The molecule has 0 saturated carbocycles. The monoisotopic (exact) mass is 343 g/mol. The summed E-state index contributed by atoms with van der Waals surface area (Å²) in [5.41, 5.74) is -0.490. The van der Waals surface area contributed by atoms with E-state index < -0.39 is 17.6 Å². The highest BCUT2D eigenvalue weighted by atomic mass is 32.1. The number of nitrogens with one attached hydrogen (secondary N) is 1. The Morgan fingerprint density at radius 2 is 2.00 bits per heavy atom. The Labute approximate surface area is 132 Å². The lowest BCUT2D eigenvalue weighted by Gasteiger charge is -2.13. The van der Waals surface area contributed by atoms with Crippen molar-refractivity contribution in [2.24, 2.45) is 0 Å². The maximum atomic E-state index is 13.8. The van der Waals surface area contributed by atoms with Gasteiger partial charge in [-0.25, -0.2) is 4.39 Å². The molecule has 1 N–H and O–H groups in total.